The Morgan fingerprint density at radius 3 is 0.705 bits per heavy atom. The Hall–Kier alpha value is -5.40. The molecule has 0 spiro atoms. The number of rotatable bonds is 0. The van der Waals surface area contributed by atoms with Crippen molar-refractivity contribution in [2.24, 2.45) is 0 Å². The molecule has 4 aliphatic rings. The highest BCUT2D eigenvalue weighted by Gasteiger charge is 2.03. The number of hydrogen-bond acceptors (Lipinski definition) is 4. The molecule has 200 valence electrons. The molecule has 0 unspecified atom stereocenters. The number of benzene rings is 2. The molecule has 4 aliphatic carbocycles. The molecule has 0 fully saturated rings. The van der Waals surface area contributed by atoms with Crippen LogP contribution in [0.2, 0.25) is 0 Å². The second kappa shape index (κ2) is 12.9. The lowest BCUT2D eigenvalue weighted by molar-refractivity contribution is 1.60. The summed E-state index contributed by atoms with van der Waals surface area (Å²) in [6, 6.07) is 24.1. The molecular formula is C40H16S4. The molecule has 4 heteroatoms. The molecule has 44 heavy (non-hydrogen) atoms. The molecule has 0 saturated heterocycles. The van der Waals surface area contributed by atoms with E-state index in [4.69, 9.17) is 0 Å². The lowest BCUT2D eigenvalue weighted by Crippen LogP contribution is -1.81. The predicted molar refractivity (Wildman–Crippen MR) is 186 cm³/mol. The first-order chi connectivity index (χ1) is 21.8. The minimum absolute atomic E-state index is 0.921. The number of thiophene rings is 4. The average Bonchev–Trinajstić information content (AvgIpc) is 3.87. The minimum atomic E-state index is 0.921. The topological polar surface area (TPSA) is 0 Å². The summed E-state index contributed by atoms with van der Waals surface area (Å²) < 4.78 is 0. The summed E-state index contributed by atoms with van der Waals surface area (Å²) in [5.41, 5.74) is 7.39. The molecule has 0 atom stereocenters. The van der Waals surface area contributed by atoms with Gasteiger partial charge in [-0.15, -0.1) is 45.3 Å². The van der Waals surface area contributed by atoms with Crippen molar-refractivity contribution in [1.82, 2.24) is 0 Å². The first-order valence-electron chi connectivity index (χ1n) is 13.4. The zero-order chi connectivity index (χ0) is 29.6. The third kappa shape index (κ3) is 6.48. The van der Waals surface area contributed by atoms with E-state index >= 15 is 0 Å². The fourth-order valence-electron chi connectivity index (χ4n) is 4.08. The minimum Gasteiger partial charge on any atom is -0.134 e. The lowest BCUT2D eigenvalue weighted by atomic mass is 10.1. The first-order valence-corrected chi connectivity index (χ1v) is 16.9. The van der Waals surface area contributed by atoms with Crippen molar-refractivity contribution in [3.8, 4) is 71.0 Å². The van der Waals surface area contributed by atoms with E-state index in [9.17, 15) is 0 Å². The molecule has 0 saturated carbocycles. The monoisotopic (exact) mass is 624 g/mol. The molecule has 2 aromatic carbocycles. The Morgan fingerprint density at radius 1 is 0.250 bits per heavy atom. The zero-order valence-electron chi connectivity index (χ0n) is 22.9. The molecule has 0 radical (unpaired) electrons. The normalized spacial score (nSPS) is 10.7. The van der Waals surface area contributed by atoms with Gasteiger partial charge in [0.25, 0.3) is 0 Å². The maximum Gasteiger partial charge on any atom is 0.0928 e. The van der Waals surface area contributed by atoms with Crippen molar-refractivity contribution in [3.05, 3.63) is 158 Å². The molecule has 0 amide bonds. The van der Waals surface area contributed by atoms with Crippen LogP contribution in [0.3, 0.4) is 0 Å². The third-order valence-electron chi connectivity index (χ3n) is 6.38. The van der Waals surface area contributed by atoms with Gasteiger partial charge in [-0.05, 0) is 118 Å². The fraction of sp³-hybridized carbons (Fsp3) is 0. The standard InChI is InChI=1S/C40H16S4/c1-2-30-4-3-29(1)9-17-37-33(21-25-41-37)13-14-35-23-27-43-39(35)19-11-31-5-7-32(8-6-31)12-20-40-36(24-28-44-40)16-15-34-22-26-42-38(34)18-10-30/h1-8,21-28H. The van der Waals surface area contributed by atoms with Crippen LogP contribution in [0.15, 0.2) is 94.3 Å². The van der Waals surface area contributed by atoms with Crippen molar-refractivity contribution >= 4 is 45.3 Å². The summed E-state index contributed by atoms with van der Waals surface area (Å²) in [5, 5.41) is 8.11. The zero-order valence-corrected chi connectivity index (χ0v) is 26.1. The summed E-state index contributed by atoms with van der Waals surface area (Å²) in [5.74, 6) is 39.6. The molecule has 4 aromatic heterocycles. The van der Waals surface area contributed by atoms with Crippen molar-refractivity contribution in [1.29, 1.82) is 0 Å². The highest BCUT2D eigenvalue weighted by Crippen LogP contribution is 2.20. The maximum atomic E-state index is 3.31. The van der Waals surface area contributed by atoms with Crippen LogP contribution in [0.5, 0.6) is 0 Å². The van der Waals surface area contributed by atoms with E-state index in [0.717, 1.165) is 64.0 Å². The maximum absolute atomic E-state index is 3.31. The van der Waals surface area contributed by atoms with Gasteiger partial charge >= 0.3 is 0 Å². The van der Waals surface area contributed by atoms with E-state index < -0.39 is 0 Å². The predicted octanol–water partition coefficient (Wildman–Crippen LogP) is 8.64. The Kier molecular flexibility index (Phi) is 8.01. The van der Waals surface area contributed by atoms with E-state index in [0.29, 0.717) is 0 Å². The summed E-state index contributed by atoms with van der Waals surface area (Å²) >= 11 is 6.38. The largest absolute Gasteiger partial charge is 0.134 e. The Balaban J connectivity index is 1.28. The highest BCUT2D eigenvalue weighted by atomic mass is 32.1. The summed E-state index contributed by atoms with van der Waals surface area (Å²) in [7, 11) is 0. The molecule has 0 N–H and O–H groups in total. The summed E-state index contributed by atoms with van der Waals surface area (Å²) in [6.45, 7) is 0. The van der Waals surface area contributed by atoms with Crippen molar-refractivity contribution in [3.63, 3.8) is 0 Å². The molecule has 6 aromatic rings. The smallest absolute Gasteiger partial charge is 0.0928 e. The van der Waals surface area contributed by atoms with Crippen LogP contribution in [-0.4, -0.2) is 0 Å². The van der Waals surface area contributed by atoms with Gasteiger partial charge in [0.1, 0.15) is 0 Å². The molecule has 0 nitrogen and oxygen atoms in total. The quantitative estimate of drug-likeness (QED) is 0.148. The molecule has 10 rings (SSSR count). The van der Waals surface area contributed by atoms with Gasteiger partial charge in [0.05, 0.1) is 41.8 Å². The van der Waals surface area contributed by atoms with E-state index in [2.05, 4.69) is 71.0 Å². The number of hydrogen-bond donors (Lipinski definition) is 0. The second-order valence-corrected chi connectivity index (χ2v) is 13.0. The summed E-state index contributed by atoms with van der Waals surface area (Å²) in [4.78, 5) is 3.78. The van der Waals surface area contributed by atoms with E-state index in [1.54, 1.807) is 45.3 Å². The van der Waals surface area contributed by atoms with Crippen molar-refractivity contribution < 1.29 is 0 Å². The summed E-state index contributed by atoms with van der Waals surface area (Å²) in [6.07, 6.45) is 0. The van der Waals surface area contributed by atoms with Crippen LogP contribution in [0.4, 0.5) is 0 Å². The molecule has 0 aliphatic heterocycles. The van der Waals surface area contributed by atoms with Crippen LogP contribution in [0.25, 0.3) is 0 Å². The van der Waals surface area contributed by atoms with Crippen LogP contribution in [0.1, 0.15) is 64.0 Å². The van der Waals surface area contributed by atoms with Gasteiger partial charge in [-0.25, -0.2) is 0 Å². The van der Waals surface area contributed by atoms with Crippen molar-refractivity contribution in [2.75, 3.05) is 0 Å². The Bertz CT molecular complexity index is 2060. The van der Waals surface area contributed by atoms with Crippen molar-refractivity contribution in [2.45, 2.75) is 0 Å². The highest BCUT2D eigenvalue weighted by molar-refractivity contribution is 7.11. The lowest BCUT2D eigenvalue weighted by Gasteiger charge is -1.93. The SMILES string of the molecule is C1#Cc2sccc2C#Cc2ccsc2C#Cc2ccc(cc2)C#Cc2sccc2C#Cc2ccsc2C#Cc2ccc1cc2. The fourth-order valence-corrected chi connectivity index (χ4v) is 6.86. The van der Waals surface area contributed by atoms with Gasteiger partial charge in [-0.1, -0.05) is 47.4 Å². The van der Waals surface area contributed by atoms with Crippen LogP contribution < -0.4 is 0 Å². The Labute approximate surface area is 273 Å². The van der Waals surface area contributed by atoms with E-state index in [-0.39, 0.29) is 0 Å². The van der Waals surface area contributed by atoms with Crippen LogP contribution >= 0.6 is 45.3 Å². The molecule has 4 bridgehead atoms. The van der Waals surface area contributed by atoms with Gasteiger partial charge in [-0.2, -0.15) is 0 Å². The first kappa shape index (κ1) is 27.4. The van der Waals surface area contributed by atoms with Gasteiger partial charge in [0.2, 0.25) is 0 Å². The van der Waals surface area contributed by atoms with Gasteiger partial charge in [0.15, 0.2) is 0 Å². The van der Waals surface area contributed by atoms with Crippen LogP contribution in [-0.2, 0) is 0 Å². The van der Waals surface area contributed by atoms with Gasteiger partial charge in [-0.3, -0.25) is 0 Å². The van der Waals surface area contributed by atoms with Crippen LogP contribution in [0, 0.1) is 71.0 Å². The van der Waals surface area contributed by atoms with E-state index in [1.807, 2.05) is 94.3 Å². The third-order valence-corrected chi connectivity index (χ3v) is 9.70. The van der Waals surface area contributed by atoms with E-state index in [1.165, 1.54) is 0 Å². The van der Waals surface area contributed by atoms with Gasteiger partial charge in [0, 0.05) is 22.3 Å². The average molecular weight is 625 g/mol. The Morgan fingerprint density at radius 2 is 0.477 bits per heavy atom. The molecular weight excluding hydrogens is 609 g/mol. The van der Waals surface area contributed by atoms with Gasteiger partial charge < -0.3 is 0 Å². The second-order valence-electron chi connectivity index (χ2n) is 9.31. The molecule has 4 heterocycles.